The molecule has 12 heavy (non-hydrogen) atoms. The molecule has 2 unspecified atom stereocenters. The average Bonchev–Trinajstić information content (AvgIpc) is 2.21. The van der Waals surface area contributed by atoms with Crippen molar-refractivity contribution in [2.45, 2.75) is 25.3 Å². The van der Waals surface area contributed by atoms with E-state index in [1.807, 2.05) is 0 Å². The Morgan fingerprint density at radius 1 is 1.33 bits per heavy atom. The molecule has 2 atom stereocenters. The number of rotatable bonds is 1. The summed E-state index contributed by atoms with van der Waals surface area (Å²) in [7, 11) is 0. The third-order valence-corrected chi connectivity index (χ3v) is 2.83. The van der Waals surface area contributed by atoms with Crippen molar-refractivity contribution >= 4 is 0 Å². The number of nitrogens with one attached hydrogen (secondary N) is 1. The van der Waals surface area contributed by atoms with Gasteiger partial charge in [0.1, 0.15) is 0 Å². The topological polar surface area (TPSA) is 21.3 Å². The van der Waals surface area contributed by atoms with Crippen LogP contribution in [0.4, 0.5) is 0 Å². The third-order valence-electron chi connectivity index (χ3n) is 2.83. The summed E-state index contributed by atoms with van der Waals surface area (Å²) in [5.74, 6) is 0.815. The Hall–Kier alpha value is -0.340. The van der Waals surface area contributed by atoms with Crippen LogP contribution >= 0.6 is 0 Å². The molecule has 0 radical (unpaired) electrons. The van der Waals surface area contributed by atoms with Crippen LogP contribution in [0.3, 0.4) is 0 Å². The Bertz CT molecular complexity index is 161. The quantitative estimate of drug-likeness (QED) is 0.595. The molecule has 2 heteroatoms. The summed E-state index contributed by atoms with van der Waals surface area (Å²) in [5, 5.41) is 3.53. The van der Waals surface area contributed by atoms with E-state index in [1.165, 1.54) is 19.3 Å². The highest BCUT2D eigenvalue weighted by molar-refractivity contribution is 4.94. The molecule has 2 nitrogen and oxygen atoms in total. The molecule has 0 aromatic rings. The van der Waals surface area contributed by atoms with Crippen molar-refractivity contribution in [1.29, 1.82) is 0 Å². The Morgan fingerprint density at radius 2 is 2.33 bits per heavy atom. The zero-order chi connectivity index (χ0) is 8.23. The Morgan fingerprint density at radius 3 is 3.00 bits per heavy atom. The maximum absolute atomic E-state index is 5.45. The van der Waals surface area contributed by atoms with Gasteiger partial charge < -0.3 is 10.1 Å². The summed E-state index contributed by atoms with van der Waals surface area (Å²) >= 11 is 0. The van der Waals surface area contributed by atoms with Gasteiger partial charge in [0.2, 0.25) is 0 Å². The van der Waals surface area contributed by atoms with E-state index < -0.39 is 0 Å². The van der Waals surface area contributed by atoms with Gasteiger partial charge in [0, 0.05) is 12.6 Å². The standard InChI is InChI=1S/C10H17NO/c1-2-4-9(5-3-1)10-8-12-7-6-11-10/h1-2,9-11H,3-8H2. The molecule has 0 spiro atoms. The van der Waals surface area contributed by atoms with E-state index in [0.717, 1.165) is 25.7 Å². The molecule has 1 aliphatic heterocycles. The number of morpholine rings is 1. The Kier molecular flexibility index (Phi) is 2.79. The Balaban J connectivity index is 1.85. The van der Waals surface area contributed by atoms with Crippen LogP contribution in [0.15, 0.2) is 12.2 Å². The molecule has 1 saturated heterocycles. The zero-order valence-corrected chi connectivity index (χ0v) is 7.46. The molecule has 0 aromatic heterocycles. The van der Waals surface area contributed by atoms with Crippen molar-refractivity contribution in [1.82, 2.24) is 5.32 Å². The highest BCUT2D eigenvalue weighted by Gasteiger charge is 2.23. The van der Waals surface area contributed by atoms with Gasteiger partial charge in [-0.3, -0.25) is 0 Å². The predicted molar refractivity (Wildman–Crippen MR) is 49.1 cm³/mol. The van der Waals surface area contributed by atoms with Crippen molar-refractivity contribution in [2.24, 2.45) is 5.92 Å². The molecule has 1 heterocycles. The molecule has 0 amide bonds. The fourth-order valence-corrected chi connectivity index (χ4v) is 2.07. The van der Waals surface area contributed by atoms with Gasteiger partial charge in [-0.05, 0) is 25.2 Å². The highest BCUT2D eigenvalue weighted by atomic mass is 16.5. The van der Waals surface area contributed by atoms with E-state index in [1.54, 1.807) is 0 Å². The van der Waals surface area contributed by atoms with Gasteiger partial charge in [0.05, 0.1) is 13.2 Å². The lowest BCUT2D eigenvalue weighted by atomic mass is 9.88. The maximum atomic E-state index is 5.45. The summed E-state index contributed by atoms with van der Waals surface area (Å²) in [6.07, 6.45) is 8.42. The molecule has 68 valence electrons. The average molecular weight is 167 g/mol. The fraction of sp³-hybridized carbons (Fsp3) is 0.800. The first-order valence-corrected chi connectivity index (χ1v) is 4.93. The molecular weight excluding hydrogens is 150 g/mol. The normalized spacial score (nSPS) is 36.7. The first kappa shape index (κ1) is 8.27. The van der Waals surface area contributed by atoms with Gasteiger partial charge in [-0.1, -0.05) is 12.2 Å². The van der Waals surface area contributed by atoms with Gasteiger partial charge in [-0.15, -0.1) is 0 Å². The van der Waals surface area contributed by atoms with Crippen molar-refractivity contribution in [2.75, 3.05) is 19.8 Å². The first-order valence-electron chi connectivity index (χ1n) is 4.93. The van der Waals surface area contributed by atoms with Crippen LogP contribution < -0.4 is 5.32 Å². The van der Waals surface area contributed by atoms with Crippen LogP contribution in [0, 0.1) is 5.92 Å². The number of allylic oxidation sites excluding steroid dienone is 2. The third kappa shape index (κ3) is 1.87. The molecular formula is C10H17NO. The largest absolute Gasteiger partial charge is 0.379 e. The summed E-state index contributed by atoms with van der Waals surface area (Å²) in [6, 6.07) is 0.615. The van der Waals surface area contributed by atoms with Crippen LogP contribution in [0.1, 0.15) is 19.3 Å². The lowest BCUT2D eigenvalue weighted by Crippen LogP contribution is -2.46. The van der Waals surface area contributed by atoms with E-state index in [-0.39, 0.29) is 0 Å². The second-order valence-electron chi connectivity index (χ2n) is 3.68. The van der Waals surface area contributed by atoms with Crippen LogP contribution in [-0.4, -0.2) is 25.8 Å². The van der Waals surface area contributed by atoms with Crippen molar-refractivity contribution < 1.29 is 4.74 Å². The Labute approximate surface area is 74.0 Å². The van der Waals surface area contributed by atoms with Crippen LogP contribution in [0.25, 0.3) is 0 Å². The minimum atomic E-state index is 0.615. The van der Waals surface area contributed by atoms with Gasteiger partial charge in [-0.2, -0.15) is 0 Å². The second kappa shape index (κ2) is 4.06. The molecule has 2 rings (SSSR count). The number of hydrogen-bond acceptors (Lipinski definition) is 2. The van der Waals surface area contributed by atoms with Crippen molar-refractivity contribution in [3.8, 4) is 0 Å². The molecule has 2 aliphatic rings. The van der Waals surface area contributed by atoms with Crippen molar-refractivity contribution in [3.63, 3.8) is 0 Å². The van der Waals surface area contributed by atoms with E-state index in [2.05, 4.69) is 17.5 Å². The molecule has 1 fully saturated rings. The monoisotopic (exact) mass is 167 g/mol. The number of ether oxygens (including phenoxy) is 1. The van der Waals surface area contributed by atoms with Crippen LogP contribution in [0.2, 0.25) is 0 Å². The SMILES string of the molecule is C1=CCC(C2COCCN2)CC1. The summed E-state index contributed by atoms with van der Waals surface area (Å²) in [5.41, 5.74) is 0. The van der Waals surface area contributed by atoms with Crippen LogP contribution in [-0.2, 0) is 4.74 Å². The van der Waals surface area contributed by atoms with E-state index >= 15 is 0 Å². The zero-order valence-electron chi connectivity index (χ0n) is 7.46. The molecule has 1 N–H and O–H groups in total. The summed E-state index contributed by atoms with van der Waals surface area (Å²) in [4.78, 5) is 0. The number of hydrogen-bond donors (Lipinski definition) is 1. The molecule has 0 saturated carbocycles. The van der Waals surface area contributed by atoms with Gasteiger partial charge in [0.25, 0.3) is 0 Å². The summed E-state index contributed by atoms with van der Waals surface area (Å²) < 4.78 is 5.45. The summed E-state index contributed by atoms with van der Waals surface area (Å²) in [6.45, 7) is 2.84. The van der Waals surface area contributed by atoms with Crippen LogP contribution in [0.5, 0.6) is 0 Å². The lowest BCUT2D eigenvalue weighted by molar-refractivity contribution is 0.0547. The van der Waals surface area contributed by atoms with Crippen molar-refractivity contribution in [3.05, 3.63) is 12.2 Å². The molecule has 0 aromatic carbocycles. The lowest BCUT2D eigenvalue weighted by Gasteiger charge is -2.31. The van der Waals surface area contributed by atoms with Gasteiger partial charge in [-0.25, -0.2) is 0 Å². The van der Waals surface area contributed by atoms with E-state index in [9.17, 15) is 0 Å². The minimum absolute atomic E-state index is 0.615. The first-order chi connectivity index (χ1) is 5.97. The maximum Gasteiger partial charge on any atom is 0.0623 e. The predicted octanol–water partition coefficient (Wildman–Crippen LogP) is 1.33. The highest BCUT2D eigenvalue weighted by Crippen LogP contribution is 2.22. The second-order valence-corrected chi connectivity index (χ2v) is 3.68. The molecule has 1 aliphatic carbocycles. The smallest absolute Gasteiger partial charge is 0.0623 e. The van der Waals surface area contributed by atoms with E-state index in [0.29, 0.717) is 6.04 Å². The fourth-order valence-electron chi connectivity index (χ4n) is 2.07. The minimum Gasteiger partial charge on any atom is -0.379 e. The van der Waals surface area contributed by atoms with Gasteiger partial charge in [0.15, 0.2) is 0 Å². The molecule has 0 bridgehead atoms. The van der Waals surface area contributed by atoms with E-state index in [4.69, 9.17) is 4.74 Å². The van der Waals surface area contributed by atoms with Gasteiger partial charge >= 0.3 is 0 Å².